The Labute approximate surface area is 230 Å². The SMILES string of the molecule is CC[C@H]1C(=O)OC[C@H](NC(=O)c2nccc(C)c2OC(=O)c2ccc(F)cc2)C(=O)O[C@@H](C)[C@@H]1OC(=O)C(C)C. The number of nitrogens with one attached hydrogen (secondary N) is 1. The normalized spacial score (nSPS) is 21.3. The molecule has 11 nitrogen and oxygen atoms in total. The number of carbonyl (C=O) groups is 5. The van der Waals surface area contributed by atoms with Gasteiger partial charge in [0.25, 0.3) is 5.91 Å². The molecular weight excluding hydrogens is 527 g/mol. The Bertz CT molecular complexity index is 1280. The van der Waals surface area contributed by atoms with Crippen LogP contribution in [0.1, 0.15) is 60.5 Å². The van der Waals surface area contributed by atoms with Gasteiger partial charge < -0.3 is 24.3 Å². The van der Waals surface area contributed by atoms with E-state index < -0.39 is 72.3 Å². The first-order valence-electron chi connectivity index (χ1n) is 12.7. The van der Waals surface area contributed by atoms with Gasteiger partial charge in [0.05, 0.1) is 17.4 Å². The molecule has 0 spiro atoms. The Morgan fingerprint density at radius 3 is 2.42 bits per heavy atom. The summed E-state index contributed by atoms with van der Waals surface area (Å²) >= 11 is 0. The number of aryl methyl sites for hydroxylation is 1. The van der Waals surface area contributed by atoms with E-state index in [9.17, 15) is 28.4 Å². The second kappa shape index (κ2) is 13.1. The molecule has 3 rings (SSSR count). The number of hydrogen-bond acceptors (Lipinski definition) is 10. The van der Waals surface area contributed by atoms with Gasteiger partial charge in [-0.15, -0.1) is 0 Å². The van der Waals surface area contributed by atoms with E-state index in [0.717, 1.165) is 12.1 Å². The van der Waals surface area contributed by atoms with Gasteiger partial charge >= 0.3 is 23.9 Å². The van der Waals surface area contributed by atoms with Crippen LogP contribution in [0.3, 0.4) is 0 Å². The van der Waals surface area contributed by atoms with Crippen LogP contribution in [0.15, 0.2) is 36.5 Å². The first kappa shape index (κ1) is 30.2. The molecule has 1 aliphatic rings. The highest BCUT2D eigenvalue weighted by Gasteiger charge is 2.41. The average molecular weight is 559 g/mol. The largest absolute Gasteiger partial charge is 0.463 e. The Balaban J connectivity index is 1.82. The Kier molecular flexibility index (Phi) is 9.92. The van der Waals surface area contributed by atoms with E-state index in [0.29, 0.717) is 5.56 Å². The second-order valence-electron chi connectivity index (χ2n) is 9.57. The van der Waals surface area contributed by atoms with Crippen LogP contribution in [-0.4, -0.2) is 59.6 Å². The summed E-state index contributed by atoms with van der Waals surface area (Å²) in [7, 11) is 0. The van der Waals surface area contributed by atoms with Crippen LogP contribution in [-0.2, 0) is 28.6 Å². The summed E-state index contributed by atoms with van der Waals surface area (Å²) in [5.41, 5.74) is 0.0981. The molecular formula is C28H31FN2O9. The number of cyclic esters (lactones) is 2. The van der Waals surface area contributed by atoms with E-state index >= 15 is 0 Å². The van der Waals surface area contributed by atoms with Gasteiger partial charge in [0, 0.05) is 6.20 Å². The molecule has 2 aromatic rings. The van der Waals surface area contributed by atoms with Crippen molar-refractivity contribution in [3.63, 3.8) is 0 Å². The molecule has 40 heavy (non-hydrogen) atoms. The van der Waals surface area contributed by atoms with E-state index in [-0.39, 0.29) is 23.4 Å². The predicted molar refractivity (Wildman–Crippen MR) is 137 cm³/mol. The third-order valence-corrected chi connectivity index (χ3v) is 6.20. The minimum absolute atomic E-state index is 0.0370. The Hall–Kier alpha value is -4.35. The molecule has 12 heteroatoms. The van der Waals surface area contributed by atoms with Crippen molar-refractivity contribution >= 4 is 29.8 Å². The van der Waals surface area contributed by atoms with Gasteiger partial charge in [-0.05, 0) is 56.2 Å². The quantitative estimate of drug-likeness (QED) is 0.397. The second-order valence-corrected chi connectivity index (χ2v) is 9.57. The molecule has 0 unspecified atom stereocenters. The van der Waals surface area contributed by atoms with Crippen molar-refractivity contribution in [1.29, 1.82) is 0 Å². The third-order valence-electron chi connectivity index (χ3n) is 6.20. The van der Waals surface area contributed by atoms with Gasteiger partial charge in [-0.2, -0.15) is 0 Å². The Morgan fingerprint density at radius 1 is 1.12 bits per heavy atom. The fourth-order valence-corrected chi connectivity index (χ4v) is 3.88. The molecule has 0 aliphatic carbocycles. The lowest BCUT2D eigenvalue weighted by atomic mass is 9.95. The Morgan fingerprint density at radius 2 is 1.80 bits per heavy atom. The minimum Gasteiger partial charge on any atom is -0.463 e. The van der Waals surface area contributed by atoms with Gasteiger partial charge in [-0.3, -0.25) is 14.4 Å². The maximum Gasteiger partial charge on any atom is 0.343 e. The summed E-state index contributed by atoms with van der Waals surface area (Å²) in [6.45, 7) is 7.45. The van der Waals surface area contributed by atoms with Gasteiger partial charge in [0.1, 0.15) is 18.5 Å². The molecule has 4 atom stereocenters. The zero-order valence-electron chi connectivity index (χ0n) is 22.8. The standard InChI is InChI=1S/C28H31FN2O9/c1-6-19-23(40-25(33)14(2)3)16(5)38-28(36)20(13-37-27(19)35)31-24(32)21-22(15(4)11-12-30-21)39-26(34)17-7-9-18(29)10-8-17/h7-12,14,16,19-20,23H,6,13H2,1-5H3,(H,31,32)/t16-,19+,20-,23-/m0/s1. The van der Waals surface area contributed by atoms with Crippen molar-refractivity contribution in [2.75, 3.05) is 6.61 Å². The topological polar surface area (TPSA) is 147 Å². The number of pyridine rings is 1. The number of amides is 1. The van der Waals surface area contributed by atoms with Crippen LogP contribution in [0.25, 0.3) is 0 Å². The summed E-state index contributed by atoms with van der Waals surface area (Å²) in [6.07, 6.45) is -0.580. The lowest BCUT2D eigenvalue weighted by Gasteiger charge is -2.29. The number of aromatic nitrogens is 1. The summed E-state index contributed by atoms with van der Waals surface area (Å²) in [6, 6.07) is 4.68. The maximum absolute atomic E-state index is 13.2. The van der Waals surface area contributed by atoms with Crippen molar-refractivity contribution in [2.45, 2.75) is 59.3 Å². The fraction of sp³-hybridized carbons (Fsp3) is 0.429. The number of nitrogens with zero attached hydrogens (tertiary/aromatic N) is 1. The molecule has 0 radical (unpaired) electrons. The number of rotatable bonds is 7. The average Bonchev–Trinajstić information content (AvgIpc) is 2.94. The van der Waals surface area contributed by atoms with Crippen molar-refractivity contribution in [1.82, 2.24) is 10.3 Å². The third kappa shape index (κ3) is 7.19. The molecule has 1 fully saturated rings. The number of benzene rings is 1. The maximum atomic E-state index is 13.2. The van der Waals surface area contributed by atoms with Crippen LogP contribution in [0.4, 0.5) is 4.39 Å². The highest BCUT2D eigenvalue weighted by molar-refractivity contribution is 5.99. The van der Waals surface area contributed by atoms with Crippen LogP contribution < -0.4 is 10.1 Å². The van der Waals surface area contributed by atoms with E-state index in [4.69, 9.17) is 18.9 Å². The van der Waals surface area contributed by atoms with Crippen molar-refractivity contribution in [2.24, 2.45) is 11.8 Å². The number of esters is 4. The highest BCUT2D eigenvalue weighted by atomic mass is 19.1. The van der Waals surface area contributed by atoms with Crippen molar-refractivity contribution in [3.8, 4) is 5.75 Å². The van der Waals surface area contributed by atoms with Crippen LogP contribution in [0, 0.1) is 24.6 Å². The van der Waals surface area contributed by atoms with E-state index in [1.54, 1.807) is 27.7 Å². The minimum atomic E-state index is -1.45. The van der Waals surface area contributed by atoms with Gasteiger partial charge in [-0.25, -0.2) is 19.0 Å². The summed E-state index contributed by atoms with van der Waals surface area (Å²) < 4.78 is 34.9. The van der Waals surface area contributed by atoms with E-state index in [2.05, 4.69) is 10.3 Å². The summed E-state index contributed by atoms with van der Waals surface area (Å²) in [5, 5.41) is 2.41. The van der Waals surface area contributed by atoms with Crippen LogP contribution in [0.5, 0.6) is 5.75 Å². The zero-order valence-corrected chi connectivity index (χ0v) is 22.8. The molecule has 1 aromatic heterocycles. The molecule has 2 heterocycles. The number of halogens is 1. The van der Waals surface area contributed by atoms with Crippen LogP contribution >= 0.6 is 0 Å². The number of carbonyl (C=O) groups excluding carboxylic acids is 5. The molecule has 0 saturated carbocycles. The predicted octanol–water partition coefficient (Wildman–Crippen LogP) is 2.93. The monoisotopic (exact) mass is 558 g/mol. The van der Waals surface area contributed by atoms with Crippen molar-refractivity contribution < 1.29 is 47.3 Å². The molecule has 1 N–H and O–H groups in total. The first-order valence-corrected chi connectivity index (χ1v) is 12.7. The van der Waals surface area contributed by atoms with Crippen LogP contribution in [0.2, 0.25) is 0 Å². The summed E-state index contributed by atoms with van der Waals surface area (Å²) in [5.74, 6) is -6.11. The van der Waals surface area contributed by atoms with Gasteiger partial charge in [0.15, 0.2) is 23.6 Å². The highest BCUT2D eigenvalue weighted by Crippen LogP contribution is 2.25. The van der Waals surface area contributed by atoms with Gasteiger partial charge in [0.2, 0.25) is 0 Å². The fourth-order valence-electron chi connectivity index (χ4n) is 3.88. The lowest BCUT2D eigenvalue weighted by molar-refractivity contribution is -0.176. The number of ether oxygens (including phenoxy) is 4. The molecule has 1 aromatic carbocycles. The summed E-state index contributed by atoms with van der Waals surface area (Å²) in [4.78, 5) is 68.0. The molecule has 214 valence electrons. The molecule has 1 aliphatic heterocycles. The first-order chi connectivity index (χ1) is 18.9. The molecule has 1 saturated heterocycles. The van der Waals surface area contributed by atoms with E-state index in [1.807, 2.05) is 0 Å². The molecule has 1 amide bonds. The van der Waals surface area contributed by atoms with Crippen molar-refractivity contribution in [3.05, 3.63) is 59.2 Å². The zero-order chi connectivity index (χ0) is 29.6. The number of hydrogen-bond donors (Lipinski definition) is 1. The smallest absolute Gasteiger partial charge is 0.343 e. The van der Waals surface area contributed by atoms with E-state index in [1.165, 1.54) is 31.3 Å². The lowest BCUT2D eigenvalue weighted by Crippen LogP contribution is -2.47. The van der Waals surface area contributed by atoms with Gasteiger partial charge in [-0.1, -0.05) is 20.8 Å². The molecule has 0 bridgehead atoms.